The molecule has 1 aliphatic heterocycles. The lowest BCUT2D eigenvalue weighted by Crippen LogP contribution is -2.24. The molecule has 6 heteroatoms. The normalized spacial score (nSPS) is 21.1. The zero-order valence-corrected chi connectivity index (χ0v) is 14.3. The molecule has 1 atom stereocenters. The Morgan fingerprint density at radius 1 is 1.42 bits per heavy atom. The van der Waals surface area contributed by atoms with Gasteiger partial charge in [-0.3, -0.25) is 0 Å². The Kier molecular flexibility index (Phi) is 5.48. The van der Waals surface area contributed by atoms with Gasteiger partial charge in [0, 0.05) is 18.3 Å². The van der Waals surface area contributed by atoms with Gasteiger partial charge in [0.1, 0.15) is 0 Å². The standard InChI is InChI=1S/C18H25F3N2O/c1-12-4-5-15(13(6-12)7-18(19,20)21)16(22)10-23-9-14-8-17(2,3)11-24-14/h4-6,10,14,23H,7-9,11,22H2,1-3H3/b16-10-. The molecule has 134 valence electrons. The zero-order chi connectivity index (χ0) is 18.0. The summed E-state index contributed by atoms with van der Waals surface area (Å²) >= 11 is 0. The van der Waals surface area contributed by atoms with Gasteiger partial charge in [0.15, 0.2) is 0 Å². The molecule has 0 radical (unpaired) electrons. The van der Waals surface area contributed by atoms with Crippen molar-refractivity contribution in [3.8, 4) is 0 Å². The number of halogens is 3. The van der Waals surface area contributed by atoms with Crippen LogP contribution in [0.3, 0.4) is 0 Å². The molecule has 1 heterocycles. The van der Waals surface area contributed by atoms with Crippen molar-refractivity contribution >= 4 is 5.70 Å². The summed E-state index contributed by atoms with van der Waals surface area (Å²) in [7, 11) is 0. The summed E-state index contributed by atoms with van der Waals surface area (Å²) in [6.45, 7) is 7.36. The van der Waals surface area contributed by atoms with Crippen LogP contribution in [0.5, 0.6) is 0 Å². The van der Waals surface area contributed by atoms with Crippen LogP contribution in [0, 0.1) is 12.3 Å². The Balaban J connectivity index is 2.04. The lowest BCUT2D eigenvalue weighted by atomic mass is 9.91. The maximum atomic E-state index is 12.8. The first-order valence-electron chi connectivity index (χ1n) is 8.03. The number of benzene rings is 1. The highest BCUT2D eigenvalue weighted by Gasteiger charge is 2.31. The summed E-state index contributed by atoms with van der Waals surface area (Å²) in [6, 6.07) is 4.93. The molecule has 0 aromatic heterocycles. The fourth-order valence-corrected chi connectivity index (χ4v) is 2.95. The Hall–Kier alpha value is -1.69. The maximum Gasteiger partial charge on any atom is 0.393 e. The molecule has 0 amide bonds. The van der Waals surface area contributed by atoms with Crippen LogP contribution < -0.4 is 11.1 Å². The molecule has 2 rings (SSSR count). The first-order chi connectivity index (χ1) is 11.1. The largest absolute Gasteiger partial charge is 0.397 e. The van der Waals surface area contributed by atoms with E-state index in [9.17, 15) is 13.2 Å². The maximum absolute atomic E-state index is 12.8. The number of hydrogen-bond donors (Lipinski definition) is 2. The molecule has 1 aliphatic rings. The van der Waals surface area contributed by atoms with Gasteiger partial charge in [0.05, 0.1) is 24.8 Å². The molecule has 0 bridgehead atoms. The van der Waals surface area contributed by atoms with E-state index in [-0.39, 0.29) is 17.1 Å². The first-order valence-corrected chi connectivity index (χ1v) is 8.03. The predicted octanol–water partition coefficient (Wildman–Crippen LogP) is 3.76. The molecule has 3 N–H and O–H groups in total. The number of nitrogens with one attached hydrogen (secondary N) is 1. The molecule has 1 unspecified atom stereocenters. The smallest absolute Gasteiger partial charge is 0.393 e. The van der Waals surface area contributed by atoms with Crippen LogP contribution in [0.1, 0.15) is 37.0 Å². The number of aryl methyl sites for hydroxylation is 1. The first kappa shape index (κ1) is 18.6. The van der Waals surface area contributed by atoms with Gasteiger partial charge in [-0.1, -0.05) is 37.6 Å². The molecule has 1 aromatic carbocycles. The van der Waals surface area contributed by atoms with E-state index in [0.717, 1.165) is 12.0 Å². The minimum absolute atomic E-state index is 0.0942. The second kappa shape index (κ2) is 7.05. The highest BCUT2D eigenvalue weighted by molar-refractivity contribution is 5.66. The van der Waals surface area contributed by atoms with Gasteiger partial charge in [0.25, 0.3) is 0 Å². The van der Waals surface area contributed by atoms with Crippen molar-refractivity contribution < 1.29 is 17.9 Å². The number of ether oxygens (including phenoxy) is 1. The van der Waals surface area contributed by atoms with Crippen LogP contribution >= 0.6 is 0 Å². The number of hydrogen-bond acceptors (Lipinski definition) is 3. The quantitative estimate of drug-likeness (QED) is 0.856. The van der Waals surface area contributed by atoms with Crippen LogP contribution in [0.2, 0.25) is 0 Å². The SMILES string of the molecule is Cc1ccc(/C(N)=C/NCC2CC(C)(C)CO2)c(CC(F)(F)F)c1. The van der Waals surface area contributed by atoms with Gasteiger partial charge >= 0.3 is 6.18 Å². The van der Waals surface area contributed by atoms with Gasteiger partial charge in [-0.15, -0.1) is 0 Å². The lowest BCUT2D eigenvalue weighted by Gasteiger charge is -2.15. The van der Waals surface area contributed by atoms with Crippen molar-refractivity contribution in [3.63, 3.8) is 0 Å². The second-order valence-corrected chi connectivity index (χ2v) is 7.26. The second-order valence-electron chi connectivity index (χ2n) is 7.26. The van der Waals surface area contributed by atoms with Crippen molar-refractivity contribution in [1.82, 2.24) is 5.32 Å². The van der Waals surface area contributed by atoms with Gasteiger partial charge in [-0.05, 0) is 24.3 Å². The monoisotopic (exact) mass is 342 g/mol. The summed E-state index contributed by atoms with van der Waals surface area (Å²) in [4.78, 5) is 0. The third kappa shape index (κ3) is 5.44. The van der Waals surface area contributed by atoms with E-state index in [2.05, 4.69) is 19.2 Å². The highest BCUT2D eigenvalue weighted by Crippen LogP contribution is 2.31. The topological polar surface area (TPSA) is 47.3 Å². The molecule has 1 aromatic rings. The van der Waals surface area contributed by atoms with E-state index in [1.165, 1.54) is 6.07 Å². The minimum atomic E-state index is -4.26. The Morgan fingerprint density at radius 3 is 2.71 bits per heavy atom. The average Bonchev–Trinajstić information content (AvgIpc) is 2.76. The van der Waals surface area contributed by atoms with Crippen molar-refractivity contribution in [2.75, 3.05) is 13.2 Å². The fraction of sp³-hybridized carbons (Fsp3) is 0.556. The van der Waals surface area contributed by atoms with E-state index >= 15 is 0 Å². The molecule has 1 fully saturated rings. The van der Waals surface area contributed by atoms with Crippen LogP contribution in [0.4, 0.5) is 13.2 Å². The van der Waals surface area contributed by atoms with Crippen LogP contribution in [-0.2, 0) is 11.2 Å². The van der Waals surface area contributed by atoms with Gasteiger partial charge < -0.3 is 15.8 Å². The lowest BCUT2D eigenvalue weighted by molar-refractivity contribution is -0.127. The molecule has 3 nitrogen and oxygen atoms in total. The Labute approximate surface area is 141 Å². The van der Waals surface area contributed by atoms with Crippen LogP contribution in [0.15, 0.2) is 24.4 Å². The molecule has 0 aliphatic carbocycles. The van der Waals surface area contributed by atoms with E-state index in [1.54, 1.807) is 25.3 Å². The summed E-state index contributed by atoms with van der Waals surface area (Å²) < 4.78 is 43.9. The molecule has 24 heavy (non-hydrogen) atoms. The number of nitrogens with two attached hydrogens (primary N) is 1. The fourth-order valence-electron chi connectivity index (χ4n) is 2.95. The van der Waals surface area contributed by atoms with Gasteiger partial charge in [-0.2, -0.15) is 13.2 Å². The third-order valence-electron chi connectivity index (χ3n) is 4.06. The van der Waals surface area contributed by atoms with Gasteiger partial charge in [0.2, 0.25) is 0 Å². The number of rotatable bonds is 5. The summed E-state index contributed by atoms with van der Waals surface area (Å²) in [6.07, 6.45) is -2.65. The zero-order valence-electron chi connectivity index (χ0n) is 14.3. The van der Waals surface area contributed by atoms with Crippen molar-refractivity contribution in [2.45, 2.75) is 45.9 Å². The molecule has 0 spiro atoms. The van der Waals surface area contributed by atoms with Crippen LogP contribution in [0.25, 0.3) is 5.70 Å². The average molecular weight is 342 g/mol. The summed E-state index contributed by atoms with van der Waals surface area (Å²) in [5.41, 5.74) is 7.84. The van der Waals surface area contributed by atoms with Crippen LogP contribution in [-0.4, -0.2) is 25.4 Å². The van der Waals surface area contributed by atoms with E-state index < -0.39 is 12.6 Å². The van der Waals surface area contributed by atoms with Crippen molar-refractivity contribution in [1.29, 1.82) is 0 Å². The third-order valence-corrected chi connectivity index (χ3v) is 4.06. The highest BCUT2D eigenvalue weighted by atomic mass is 19.4. The van der Waals surface area contributed by atoms with E-state index in [0.29, 0.717) is 24.4 Å². The predicted molar refractivity (Wildman–Crippen MR) is 89.2 cm³/mol. The summed E-state index contributed by atoms with van der Waals surface area (Å²) in [5.74, 6) is 0. The molecular weight excluding hydrogens is 317 g/mol. The summed E-state index contributed by atoms with van der Waals surface area (Å²) in [5, 5.41) is 3.07. The van der Waals surface area contributed by atoms with Crippen molar-refractivity contribution in [2.24, 2.45) is 11.1 Å². The Morgan fingerprint density at radius 2 is 2.12 bits per heavy atom. The van der Waals surface area contributed by atoms with Crippen molar-refractivity contribution in [3.05, 3.63) is 41.1 Å². The Bertz CT molecular complexity index is 609. The molecular formula is C18H25F3N2O. The molecule has 0 saturated carbocycles. The van der Waals surface area contributed by atoms with E-state index in [4.69, 9.17) is 10.5 Å². The molecule has 1 saturated heterocycles. The minimum Gasteiger partial charge on any atom is -0.397 e. The van der Waals surface area contributed by atoms with Gasteiger partial charge in [-0.25, -0.2) is 0 Å². The van der Waals surface area contributed by atoms with E-state index in [1.807, 2.05) is 0 Å². The number of alkyl halides is 3.